The molecule has 3 amide bonds. The van der Waals surface area contributed by atoms with E-state index in [0.717, 1.165) is 17.8 Å². The maximum atomic E-state index is 13.7. The standard InChI is InChI=1S/C33H37N5O6/c1-21(39)35-9-11-36(12-10-35)33(42)23-7-8-30(28(16-23)34-32(41)24-14-26(43-2)17-27(15-24)44-3)37-18-22-13-25(20-37)29-5-4-6-31(40)38(29)19-22/h4-8,14-17,22,25H,9-13,18-20H2,1-3H3,(H,34,41)/t22-,25+/m1/s1. The highest BCUT2D eigenvalue weighted by molar-refractivity contribution is 6.07. The van der Waals surface area contributed by atoms with E-state index in [1.807, 2.05) is 28.8 Å². The number of anilines is 2. The monoisotopic (exact) mass is 599 g/mol. The van der Waals surface area contributed by atoms with E-state index in [-0.39, 0.29) is 35.1 Å². The van der Waals surface area contributed by atoms with Crippen LogP contribution < -0.4 is 25.2 Å². The third-order valence-corrected chi connectivity index (χ3v) is 8.94. The summed E-state index contributed by atoms with van der Waals surface area (Å²) in [6, 6.07) is 15.9. The Kier molecular flexibility index (Phi) is 8.03. The van der Waals surface area contributed by atoms with Crippen molar-refractivity contribution in [1.29, 1.82) is 0 Å². The predicted molar refractivity (Wildman–Crippen MR) is 166 cm³/mol. The van der Waals surface area contributed by atoms with Gasteiger partial charge in [0.1, 0.15) is 11.5 Å². The van der Waals surface area contributed by atoms with Crippen molar-refractivity contribution in [2.75, 3.05) is 63.7 Å². The highest BCUT2D eigenvalue weighted by Crippen LogP contribution is 2.39. The van der Waals surface area contributed by atoms with Crippen LogP contribution in [0, 0.1) is 5.92 Å². The second-order valence-corrected chi connectivity index (χ2v) is 11.7. The number of hydrogen-bond acceptors (Lipinski definition) is 7. The quantitative estimate of drug-likeness (QED) is 0.464. The minimum atomic E-state index is -0.364. The van der Waals surface area contributed by atoms with Gasteiger partial charge in [-0.05, 0) is 48.7 Å². The molecule has 6 rings (SSSR count). The number of piperazine rings is 1. The summed E-state index contributed by atoms with van der Waals surface area (Å²) >= 11 is 0. The number of nitrogens with one attached hydrogen (secondary N) is 1. The number of methoxy groups -OCH3 is 2. The molecule has 3 aliphatic heterocycles. The molecule has 11 nitrogen and oxygen atoms in total. The van der Waals surface area contributed by atoms with Gasteiger partial charge in [0.25, 0.3) is 17.4 Å². The van der Waals surface area contributed by atoms with Crippen molar-refractivity contribution in [3.05, 3.63) is 81.8 Å². The Morgan fingerprint density at radius 2 is 1.52 bits per heavy atom. The van der Waals surface area contributed by atoms with Crippen LogP contribution in [0.5, 0.6) is 11.5 Å². The summed E-state index contributed by atoms with van der Waals surface area (Å²) in [5, 5.41) is 3.07. The zero-order valence-corrected chi connectivity index (χ0v) is 25.2. The van der Waals surface area contributed by atoms with E-state index in [4.69, 9.17) is 9.47 Å². The first-order valence-electron chi connectivity index (χ1n) is 14.9. The molecule has 11 heteroatoms. The van der Waals surface area contributed by atoms with E-state index in [0.29, 0.717) is 74.1 Å². The third-order valence-electron chi connectivity index (χ3n) is 8.94. The van der Waals surface area contributed by atoms with Gasteiger partial charge in [-0.25, -0.2) is 0 Å². The van der Waals surface area contributed by atoms with E-state index in [2.05, 4.69) is 10.2 Å². The second-order valence-electron chi connectivity index (χ2n) is 11.7. The number of fused-ring (bicyclic) bond motifs is 4. The number of aromatic nitrogens is 1. The van der Waals surface area contributed by atoms with Crippen LogP contribution in [0.25, 0.3) is 0 Å². The maximum Gasteiger partial charge on any atom is 0.255 e. The summed E-state index contributed by atoms with van der Waals surface area (Å²) < 4.78 is 12.6. The van der Waals surface area contributed by atoms with Gasteiger partial charge in [0, 0.05) is 87.6 Å². The van der Waals surface area contributed by atoms with E-state index in [1.165, 1.54) is 21.1 Å². The molecular formula is C33H37N5O6. The lowest BCUT2D eigenvalue weighted by molar-refractivity contribution is -0.130. The van der Waals surface area contributed by atoms with Crippen LogP contribution in [-0.2, 0) is 11.3 Å². The van der Waals surface area contributed by atoms with Crippen LogP contribution in [0.15, 0.2) is 59.4 Å². The first-order chi connectivity index (χ1) is 21.2. The van der Waals surface area contributed by atoms with Crippen molar-refractivity contribution in [3.8, 4) is 11.5 Å². The third kappa shape index (κ3) is 5.73. The highest BCUT2D eigenvalue weighted by atomic mass is 16.5. The summed E-state index contributed by atoms with van der Waals surface area (Å²) in [6.07, 6.45) is 0.994. The van der Waals surface area contributed by atoms with Crippen LogP contribution in [-0.4, -0.2) is 85.6 Å². The van der Waals surface area contributed by atoms with Crippen molar-refractivity contribution in [1.82, 2.24) is 14.4 Å². The van der Waals surface area contributed by atoms with E-state index in [9.17, 15) is 19.2 Å². The zero-order valence-electron chi connectivity index (χ0n) is 25.2. The van der Waals surface area contributed by atoms with Crippen molar-refractivity contribution in [2.24, 2.45) is 5.92 Å². The fourth-order valence-electron chi connectivity index (χ4n) is 6.68. The van der Waals surface area contributed by atoms with Gasteiger partial charge >= 0.3 is 0 Å². The molecular weight excluding hydrogens is 562 g/mol. The Bertz CT molecular complexity index is 1640. The molecule has 2 atom stereocenters. The van der Waals surface area contributed by atoms with Gasteiger partial charge in [-0.1, -0.05) is 6.07 Å². The number of ether oxygens (including phenoxy) is 2. The summed E-state index contributed by atoms with van der Waals surface area (Å²) in [5.41, 5.74) is 3.21. The molecule has 44 heavy (non-hydrogen) atoms. The van der Waals surface area contributed by atoms with Crippen molar-refractivity contribution >= 4 is 29.1 Å². The Morgan fingerprint density at radius 1 is 0.818 bits per heavy atom. The molecule has 1 aromatic heterocycles. The first kappa shape index (κ1) is 29.3. The van der Waals surface area contributed by atoms with E-state index < -0.39 is 0 Å². The predicted octanol–water partition coefficient (Wildman–Crippen LogP) is 3.05. The molecule has 230 valence electrons. The molecule has 0 radical (unpaired) electrons. The molecule has 2 bridgehead atoms. The Morgan fingerprint density at radius 3 is 2.20 bits per heavy atom. The Labute approximate surface area is 255 Å². The second kappa shape index (κ2) is 12.1. The van der Waals surface area contributed by atoms with Gasteiger partial charge in [-0.2, -0.15) is 0 Å². The number of piperidine rings is 1. The average molecular weight is 600 g/mol. The fraction of sp³-hybridized carbons (Fsp3) is 0.394. The molecule has 2 fully saturated rings. The van der Waals surface area contributed by atoms with Crippen molar-refractivity contribution in [2.45, 2.75) is 25.8 Å². The van der Waals surface area contributed by atoms with Crippen LogP contribution in [0.1, 0.15) is 45.7 Å². The lowest BCUT2D eigenvalue weighted by Crippen LogP contribution is -2.50. The minimum absolute atomic E-state index is 0.000536. The molecule has 0 spiro atoms. The van der Waals surface area contributed by atoms with Gasteiger partial charge in [0.15, 0.2) is 0 Å². The van der Waals surface area contributed by atoms with Crippen molar-refractivity contribution in [3.63, 3.8) is 0 Å². The van der Waals surface area contributed by atoms with Crippen LogP contribution in [0.4, 0.5) is 11.4 Å². The molecule has 3 aliphatic rings. The highest BCUT2D eigenvalue weighted by Gasteiger charge is 2.35. The number of carbonyl (C=O) groups excluding carboxylic acids is 3. The summed E-state index contributed by atoms with van der Waals surface area (Å²) in [6.45, 7) is 5.44. The molecule has 0 unspecified atom stereocenters. The molecule has 3 aromatic rings. The van der Waals surface area contributed by atoms with Gasteiger partial charge in [-0.15, -0.1) is 0 Å². The van der Waals surface area contributed by atoms with Gasteiger partial charge in [-0.3, -0.25) is 19.2 Å². The van der Waals surface area contributed by atoms with Crippen LogP contribution >= 0.6 is 0 Å². The topological polar surface area (TPSA) is 113 Å². The number of hydrogen-bond donors (Lipinski definition) is 1. The number of rotatable bonds is 6. The number of nitrogens with zero attached hydrogens (tertiary/aromatic N) is 4. The lowest BCUT2D eigenvalue weighted by atomic mass is 9.83. The normalized spacial score (nSPS) is 19.2. The number of pyridine rings is 1. The number of carbonyl (C=O) groups is 3. The van der Waals surface area contributed by atoms with E-state index >= 15 is 0 Å². The average Bonchev–Trinajstić information content (AvgIpc) is 3.04. The molecule has 2 saturated heterocycles. The molecule has 1 N–H and O–H groups in total. The first-order valence-corrected chi connectivity index (χ1v) is 14.9. The largest absolute Gasteiger partial charge is 0.497 e. The molecule has 2 aromatic carbocycles. The van der Waals surface area contributed by atoms with E-state index in [1.54, 1.807) is 40.1 Å². The zero-order chi connectivity index (χ0) is 31.0. The van der Waals surface area contributed by atoms with Gasteiger partial charge in [0.2, 0.25) is 5.91 Å². The smallest absolute Gasteiger partial charge is 0.255 e. The molecule has 0 aliphatic carbocycles. The van der Waals surface area contributed by atoms with Gasteiger partial charge in [0.05, 0.1) is 25.6 Å². The molecule has 4 heterocycles. The SMILES string of the molecule is COc1cc(OC)cc(C(=O)Nc2cc(C(=O)N3CCN(C(C)=O)CC3)ccc2N2C[C@H]3C[C@@H](C2)c2cccc(=O)n2C3)c1. The van der Waals surface area contributed by atoms with Gasteiger partial charge < -0.3 is 34.1 Å². The summed E-state index contributed by atoms with van der Waals surface area (Å²) in [7, 11) is 3.05. The van der Waals surface area contributed by atoms with Crippen LogP contribution in [0.2, 0.25) is 0 Å². The Hall–Kier alpha value is -4.80. The number of benzene rings is 2. The number of amides is 3. The minimum Gasteiger partial charge on any atom is -0.497 e. The lowest BCUT2D eigenvalue weighted by Gasteiger charge is -2.44. The fourth-order valence-corrected chi connectivity index (χ4v) is 6.68. The maximum absolute atomic E-state index is 13.7. The molecule has 0 saturated carbocycles. The summed E-state index contributed by atoms with van der Waals surface area (Å²) in [4.78, 5) is 57.3. The van der Waals surface area contributed by atoms with Crippen LogP contribution in [0.3, 0.4) is 0 Å². The Balaban J connectivity index is 1.32. The van der Waals surface area contributed by atoms with Crippen molar-refractivity contribution < 1.29 is 23.9 Å². The summed E-state index contributed by atoms with van der Waals surface area (Å²) in [5.74, 6) is 0.897.